The van der Waals surface area contributed by atoms with Crippen LogP contribution in [-0.2, 0) is 11.2 Å². The number of hydrogen-bond acceptors (Lipinski definition) is 4. The van der Waals surface area contributed by atoms with Gasteiger partial charge in [-0.05, 0) is 42.7 Å². The largest absolute Gasteiger partial charge is 0.484 e. The molecule has 1 heterocycles. The molecule has 2 rings (SSSR count). The van der Waals surface area contributed by atoms with Gasteiger partial charge in [-0.25, -0.2) is 5.43 Å². The number of ether oxygens (including phenoxy) is 1. The monoisotopic (exact) mass is 300 g/mol. The number of hydrazone groups is 1. The number of benzene rings is 1. The van der Waals surface area contributed by atoms with E-state index in [1.54, 1.807) is 12.1 Å². The first-order valence-corrected chi connectivity index (χ1v) is 7.35. The smallest absolute Gasteiger partial charge is 0.277 e. The number of carbonyl (C=O) groups is 1. The third-order valence-corrected chi connectivity index (χ3v) is 3.04. The summed E-state index contributed by atoms with van der Waals surface area (Å²) in [6.07, 6.45) is 6.39. The van der Waals surface area contributed by atoms with Gasteiger partial charge in [-0.3, -0.25) is 4.79 Å². The van der Waals surface area contributed by atoms with E-state index in [0.717, 1.165) is 6.42 Å². The summed E-state index contributed by atoms with van der Waals surface area (Å²) < 4.78 is 10.5. The molecule has 1 N–H and O–H groups in total. The Kier molecular flexibility index (Phi) is 6.23. The quantitative estimate of drug-likeness (QED) is 0.601. The van der Waals surface area contributed by atoms with E-state index in [-0.39, 0.29) is 12.5 Å². The standard InChI is InChI=1S/C17H20N2O3/c1-2-3-5-14-7-9-15(10-8-14)22-13-17(20)19-18-12-16-6-4-11-21-16/h4,6-12H,2-3,5,13H2,1H3,(H,19,20). The van der Waals surface area contributed by atoms with Crippen molar-refractivity contribution in [2.24, 2.45) is 5.10 Å². The number of nitrogens with zero attached hydrogens (tertiary/aromatic N) is 1. The van der Waals surface area contributed by atoms with Gasteiger partial charge in [0.25, 0.3) is 5.91 Å². The van der Waals surface area contributed by atoms with E-state index in [1.807, 2.05) is 24.3 Å². The molecule has 0 spiro atoms. The molecule has 1 aromatic carbocycles. The summed E-state index contributed by atoms with van der Waals surface area (Å²) in [5.74, 6) is 0.923. The number of nitrogens with one attached hydrogen (secondary N) is 1. The van der Waals surface area contributed by atoms with Crippen molar-refractivity contribution in [1.29, 1.82) is 0 Å². The van der Waals surface area contributed by atoms with Crippen molar-refractivity contribution in [1.82, 2.24) is 5.43 Å². The molecule has 0 bridgehead atoms. The number of amides is 1. The summed E-state index contributed by atoms with van der Waals surface area (Å²) in [6, 6.07) is 11.3. The van der Waals surface area contributed by atoms with Crippen molar-refractivity contribution >= 4 is 12.1 Å². The Balaban J connectivity index is 1.71. The van der Waals surface area contributed by atoms with Crippen LogP contribution in [0.2, 0.25) is 0 Å². The topological polar surface area (TPSA) is 63.8 Å². The second kappa shape index (κ2) is 8.67. The lowest BCUT2D eigenvalue weighted by molar-refractivity contribution is -0.123. The van der Waals surface area contributed by atoms with E-state index in [9.17, 15) is 4.79 Å². The molecule has 0 saturated heterocycles. The predicted molar refractivity (Wildman–Crippen MR) is 85.0 cm³/mol. The fourth-order valence-electron chi connectivity index (χ4n) is 1.85. The Labute approximate surface area is 130 Å². The number of hydrogen-bond donors (Lipinski definition) is 1. The van der Waals surface area contributed by atoms with Crippen LogP contribution in [0.25, 0.3) is 0 Å². The van der Waals surface area contributed by atoms with Crippen LogP contribution in [0.3, 0.4) is 0 Å². The van der Waals surface area contributed by atoms with Crippen LogP contribution in [0, 0.1) is 0 Å². The average molecular weight is 300 g/mol. The van der Waals surface area contributed by atoms with E-state index in [2.05, 4.69) is 17.5 Å². The Morgan fingerprint density at radius 3 is 2.82 bits per heavy atom. The number of carbonyl (C=O) groups excluding carboxylic acids is 1. The maximum Gasteiger partial charge on any atom is 0.277 e. The Hall–Kier alpha value is -2.56. The molecule has 0 aliphatic carbocycles. The Morgan fingerprint density at radius 2 is 2.14 bits per heavy atom. The molecular weight excluding hydrogens is 280 g/mol. The van der Waals surface area contributed by atoms with Crippen LogP contribution >= 0.6 is 0 Å². The zero-order valence-corrected chi connectivity index (χ0v) is 12.6. The summed E-state index contributed by atoms with van der Waals surface area (Å²) in [5, 5.41) is 3.78. The molecule has 116 valence electrons. The third-order valence-electron chi connectivity index (χ3n) is 3.04. The van der Waals surface area contributed by atoms with Gasteiger partial charge >= 0.3 is 0 Å². The number of aryl methyl sites for hydroxylation is 1. The van der Waals surface area contributed by atoms with Crippen molar-refractivity contribution in [2.75, 3.05) is 6.61 Å². The van der Waals surface area contributed by atoms with E-state index < -0.39 is 0 Å². The van der Waals surface area contributed by atoms with Crippen LogP contribution in [0.15, 0.2) is 52.2 Å². The molecule has 5 nitrogen and oxygen atoms in total. The van der Waals surface area contributed by atoms with Crippen LogP contribution in [0.1, 0.15) is 31.1 Å². The molecule has 2 aromatic rings. The summed E-state index contributed by atoms with van der Waals surface area (Å²) in [4.78, 5) is 11.6. The molecule has 5 heteroatoms. The van der Waals surface area contributed by atoms with Gasteiger partial charge in [0, 0.05) is 0 Å². The van der Waals surface area contributed by atoms with E-state index >= 15 is 0 Å². The maximum absolute atomic E-state index is 11.6. The molecule has 0 atom stereocenters. The lowest BCUT2D eigenvalue weighted by Crippen LogP contribution is -2.24. The van der Waals surface area contributed by atoms with Crippen LogP contribution in [-0.4, -0.2) is 18.7 Å². The van der Waals surface area contributed by atoms with Gasteiger partial charge in [-0.1, -0.05) is 25.5 Å². The second-order valence-electron chi connectivity index (χ2n) is 4.84. The van der Waals surface area contributed by atoms with Gasteiger partial charge in [0.05, 0.1) is 12.5 Å². The number of unbranched alkanes of at least 4 members (excludes halogenated alkanes) is 1. The molecule has 0 radical (unpaired) electrons. The molecule has 1 amide bonds. The van der Waals surface area contributed by atoms with Gasteiger partial charge in [-0.2, -0.15) is 5.10 Å². The highest BCUT2D eigenvalue weighted by Crippen LogP contribution is 2.13. The molecule has 0 aliphatic heterocycles. The lowest BCUT2D eigenvalue weighted by Gasteiger charge is -2.06. The summed E-state index contributed by atoms with van der Waals surface area (Å²) >= 11 is 0. The maximum atomic E-state index is 11.6. The second-order valence-corrected chi connectivity index (χ2v) is 4.84. The third kappa shape index (κ3) is 5.44. The minimum absolute atomic E-state index is 0.0796. The molecule has 22 heavy (non-hydrogen) atoms. The highest BCUT2D eigenvalue weighted by atomic mass is 16.5. The van der Waals surface area contributed by atoms with Gasteiger partial charge in [-0.15, -0.1) is 0 Å². The highest BCUT2D eigenvalue weighted by Gasteiger charge is 2.02. The van der Waals surface area contributed by atoms with Gasteiger partial charge in [0.1, 0.15) is 11.5 Å². The van der Waals surface area contributed by atoms with E-state index in [1.165, 1.54) is 30.9 Å². The van der Waals surface area contributed by atoms with Gasteiger partial charge in [0.15, 0.2) is 6.61 Å². The zero-order chi connectivity index (χ0) is 15.6. The van der Waals surface area contributed by atoms with Crippen molar-refractivity contribution in [3.05, 3.63) is 54.0 Å². The van der Waals surface area contributed by atoms with Crippen molar-refractivity contribution in [3.63, 3.8) is 0 Å². The Bertz CT molecular complexity index is 589. The normalized spacial score (nSPS) is 10.8. The summed E-state index contributed by atoms with van der Waals surface area (Å²) in [5.41, 5.74) is 3.66. The van der Waals surface area contributed by atoms with Gasteiger partial charge in [0.2, 0.25) is 0 Å². The molecule has 0 saturated carbocycles. The van der Waals surface area contributed by atoms with Crippen LogP contribution in [0.4, 0.5) is 0 Å². The Morgan fingerprint density at radius 1 is 1.32 bits per heavy atom. The summed E-state index contributed by atoms with van der Waals surface area (Å²) in [7, 11) is 0. The zero-order valence-electron chi connectivity index (χ0n) is 12.6. The minimum Gasteiger partial charge on any atom is -0.484 e. The SMILES string of the molecule is CCCCc1ccc(OCC(=O)NN=Cc2ccco2)cc1. The molecule has 0 aliphatic rings. The predicted octanol–water partition coefficient (Wildman–Crippen LogP) is 3.15. The molecule has 0 fully saturated rings. The number of furan rings is 1. The van der Waals surface area contributed by atoms with Crippen LogP contribution < -0.4 is 10.2 Å². The van der Waals surface area contributed by atoms with Crippen molar-refractivity contribution < 1.29 is 13.9 Å². The molecule has 1 aromatic heterocycles. The van der Waals surface area contributed by atoms with Crippen LogP contribution in [0.5, 0.6) is 5.75 Å². The molecular formula is C17H20N2O3. The highest BCUT2D eigenvalue weighted by molar-refractivity contribution is 5.81. The first-order chi connectivity index (χ1) is 10.8. The van der Waals surface area contributed by atoms with E-state index in [0.29, 0.717) is 11.5 Å². The van der Waals surface area contributed by atoms with Crippen molar-refractivity contribution in [2.45, 2.75) is 26.2 Å². The first kappa shape index (κ1) is 15.8. The molecule has 0 unspecified atom stereocenters. The number of rotatable bonds is 8. The first-order valence-electron chi connectivity index (χ1n) is 7.35. The van der Waals surface area contributed by atoms with E-state index in [4.69, 9.17) is 9.15 Å². The average Bonchev–Trinajstić information content (AvgIpc) is 3.05. The fourth-order valence-corrected chi connectivity index (χ4v) is 1.85. The minimum atomic E-state index is -0.321. The van der Waals surface area contributed by atoms with Gasteiger partial charge < -0.3 is 9.15 Å². The fraction of sp³-hybridized carbons (Fsp3) is 0.294. The lowest BCUT2D eigenvalue weighted by atomic mass is 10.1. The summed E-state index contributed by atoms with van der Waals surface area (Å²) in [6.45, 7) is 2.09. The van der Waals surface area contributed by atoms with Crippen molar-refractivity contribution in [3.8, 4) is 5.75 Å².